The summed E-state index contributed by atoms with van der Waals surface area (Å²) in [5.74, 6) is 0. The fourth-order valence-electron chi connectivity index (χ4n) is 3.98. The van der Waals surface area contributed by atoms with Crippen molar-refractivity contribution in [1.29, 1.82) is 0 Å². The maximum absolute atomic E-state index is 6.17. The van der Waals surface area contributed by atoms with Crippen molar-refractivity contribution in [2.45, 2.75) is 46.3 Å². The Morgan fingerprint density at radius 1 is 1.07 bits per heavy atom. The second kappa shape index (κ2) is 9.17. The van der Waals surface area contributed by atoms with Gasteiger partial charge in [0.1, 0.15) is 0 Å². The van der Waals surface area contributed by atoms with Crippen LogP contribution >= 0.6 is 0 Å². The maximum Gasteiger partial charge on any atom is 0.0717 e. The summed E-state index contributed by atoms with van der Waals surface area (Å²) in [5, 5.41) is 0. The number of aryl methyl sites for hydroxylation is 1. The quantitative estimate of drug-likeness (QED) is 0.636. The van der Waals surface area contributed by atoms with E-state index in [0.29, 0.717) is 6.61 Å². The Hall–Kier alpha value is -1.75. The molecule has 0 spiro atoms. The Kier molecular flexibility index (Phi) is 6.86. The standard InChI is InChI=1S/C24H34N2O2/c1-5-27-18-24(19-28-16-21-9-7-6-8-10-21)13-14-26(17-24)23(3,4)22-12-11-20(2)25-15-22/h6-12,15H,5,13-14,16-19H2,1-4H3. The Labute approximate surface area is 169 Å². The van der Waals surface area contributed by atoms with E-state index in [4.69, 9.17) is 9.47 Å². The van der Waals surface area contributed by atoms with Gasteiger partial charge in [0, 0.05) is 36.0 Å². The molecule has 1 aromatic carbocycles. The summed E-state index contributed by atoms with van der Waals surface area (Å²) in [6, 6.07) is 14.7. The second-order valence-electron chi connectivity index (χ2n) is 8.53. The molecule has 1 unspecified atom stereocenters. The maximum atomic E-state index is 6.17. The minimum atomic E-state index is -0.0614. The number of rotatable bonds is 9. The fourth-order valence-corrected chi connectivity index (χ4v) is 3.98. The number of benzene rings is 1. The van der Waals surface area contributed by atoms with Crippen molar-refractivity contribution in [2.24, 2.45) is 5.41 Å². The summed E-state index contributed by atoms with van der Waals surface area (Å²) in [4.78, 5) is 7.07. The number of likely N-dealkylation sites (tertiary alicyclic amines) is 1. The lowest BCUT2D eigenvalue weighted by Gasteiger charge is -2.38. The SMILES string of the molecule is CCOCC1(COCc2ccccc2)CCN(C(C)(C)c2ccc(C)nc2)C1. The van der Waals surface area contributed by atoms with Crippen LogP contribution in [0, 0.1) is 12.3 Å². The van der Waals surface area contributed by atoms with Crippen LogP contribution in [-0.2, 0) is 21.6 Å². The van der Waals surface area contributed by atoms with Crippen LogP contribution in [0.3, 0.4) is 0 Å². The van der Waals surface area contributed by atoms with Gasteiger partial charge in [-0.2, -0.15) is 0 Å². The lowest BCUT2D eigenvalue weighted by atomic mass is 9.88. The van der Waals surface area contributed by atoms with Gasteiger partial charge in [-0.05, 0) is 57.9 Å². The molecule has 1 aliphatic rings. The lowest BCUT2D eigenvalue weighted by molar-refractivity contribution is -0.0253. The van der Waals surface area contributed by atoms with E-state index in [1.807, 2.05) is 19.2 Å². The number of aromatic nitrogens is 1. The molecule has 0 N–H and O–H groups in total. The zero-order valence-corrected chi connectivity index (χ0v) is 17.8. The van der Waals surface area contributed by atoms with Crippen LogP contribution in [0.4, 0.5) is 0 Å². The number of hydrogen-bond acceptors (Lipinski definition) is 4. The van der Waals surface area contributed by atoms with Gasteiger partial charge in [0.15, 0.2) is 0 Å². The molecule has 1 atom stereocenters. The molecule has 0 aliphatic carbocycles. The molecule has 1 saturated heterocycles. The highest BCUT2D eigenvalue weighted by atomic mass is 16.5. The normalized spacial score (nSPS) is 20.6. The highest BCUT2D eigenvalue weighted by Crippen LogP contribution is 2.39. The topological polar surface area (TPSA) is 34.6 Å². The third-order valence-corrected chi connectivity index (χ3v) is 5.98. The first-order chi connectivity index (χ1) is 13.5. The predicted octanol–water partition coefficient (Wildman–Crippen LogP) is 4.57. The smallest absolute Gasteiger partial charge is 0.0717 e. The third kappa shape index (κ3) is 4.99. The molecule has 1 aromatic heterocycles. The monoisotopic (exact) mass is 382 g/mol. The minimum absolute atomic E-state index is 0.0419. The van der Waals surface area contributed by atoms with Crippen molar-refractivity contribution in [1.82, 2.24) is 9.88 Å². The van der Waals surface area contributed by atoms with Gasteiger partial charge in [-0.1, -0.05) is 36.4 Å². The number of ether oxygens (including phenoxy) is 2. The van der Waals surface area contributed by atoms with Crippen molar-refractivity contribution < 1.29 is 9.47 Å². The lowest BCUT2D eigenvalue weighted by Crippen LogP contribution is -2.43. The first kappa shape index (κ1) is 21.0. The van der Waals surface area contributed by atoms with Crippen molar-refractivity contribution in [3.63, 3.8) is 0 Å². The molecule has 1 aliphatic heterocycles. The molecule has 0 bridgehead atoms. The van der Waals surface area contributed by atoms with Gasteiger partial charge < -0.3 is 9.47 Å². The van der Waals surface area contributed by atoms with Crippen LogP contribution in [-0.4, -0.2) is 42.8 Å². The van der Waals surface area contributed by atoms with Crippen LogP contribution in [0.1, 0.15) is 44.0 Å². The molecule has 2 heterocycles. The van der Waals surface area contributed by atoms with Gasteiger partial charge in [-0.15, -0.1) is 0 Å². The average molecular weight is 383 g/mol. The van der Waals surface area contributed by atoms with Crippen LogP contribution in [0.15, 0.2) is 48.7 Å². The van der Waals surface area contributed by atoms with Crippen molar-refractivity contribution >= 4 is 0 Å². The van der Waals surface area contributed by atoms with E-state index in [-0.39, 0.29) is 11.0 Å². The number of nitrogens with zero attached hydrogens (tertiary/aromatic N) is 2. The molecule has 4 heteroatoms. The minimum Gasteiger partial charge on any atom is -0.381 e. The number of hydrogen-bond donors (Lipinski definition) is 0. The van der Waals surface area contributed by atoms with Gasteiger partial charge in [0.05, 0.1) is 19.8 Å². The summed E-state index contributed by atoms with van der Waals surface area (Å²) in [6.45, 7) is 13.6. The van der Waals surface area contributed by atoms with Crippen molar-refractivity contribution in [3.05, 3.63) is 65.5 Å². The Morgan fingerprint density at radius 3 is 2.50 bits per heavy atom. The van der Waals surface area contributed by atoms with Crippen LogP contribution < -0.4 is 0 Å². The van der Waals surface area contributed by atoms with E-state index in [1.54, 1.807) is 0 Å². The van der Waals surface area contributed by atoms with E-state index in [0.717, 1.165) is 45.0 Å². The molecule has 152 valence electrons. The molecule has 3 rings (SSSR count). The molecule has 0 saturated carbocycles. The molecule has 1 fully saturated rings. The van der Waals surface area contributed by atoms with E-state index in [2.05, 4.69) is 67.1 Å². The zero-order valence-electron chi connectivity index (χ0n) is 17.8. The molecule has 2 aromatic rings. The van der Waals surface area contributed by atoms with E-state index >= 15 is 0 Å². The first-order valence-electron chi connectivity index (χ1n) is 10.3. The largest absolute Gasteiger partial charge is 0.381 e. The van der Waals surface area contributed by atoms with E-state index in [1.165, 1.54) is 11.1 Å². The van der Waals surface area contributed by atoms with Gasteiger partial charge in [0.2, 0.25) is 0 Å². The zero-order chi connectivity index (χ0) is 20.0. The molecule has 4 nitrogen and oxygen atoms in total. The fraction of sp³-hybridized carbons (Fsp3) is 0.542. The molecule has 28 heavy (non-hydrogen) atoms. The summed E-state index contributed by atoms with van der Waals surface area (Å²) < 4.78 is 12.1. The highest BCUT2D eigenvalue weighted by Gasteiger charge is 2.44. The van der Waals surface area contributed by atoms with Gasteiger partial charge in [0.25, 0.3) is 0 Å². The Morgan fingerprint density at radius 2 is 1.82 bits per heavy atom. The summed E-state index contributed by atoms with van der Waals surface area (Å²) >= 11 is 0. The van der Waals surface area contributed by atoms with Crippen LogP contribution in [0.2, 0.25) is 0 Å². The van der Waals surface area contributed by atoms with E-state index < -0.39 is 0 Å². The first-order valence-corrected chi connectivity index (χ1v) is 10.3. The van der Waals surface area contributed by atoms with Crippen molar-refractivity contribution in [2.75, 3.05) is 32.9 Å². The summed E-state index contributed by atoms with van der Waals surface area (Å²) in [6.07, 6.45) is 3.11. The van der Waals surface area contributed by atoms with Gasteiger partial charge >= 0.3 is 0 Å². The highest BCUT2D eigenvalue weighted by molar-refractivity contribution is 5.22. The van der Waals surface area contributed by atoms with Gasteiger partial charge in [-0.25, -0.2) is 0 Å². The molecular formula is C24H34N2O2. The summed E-state index contributed by atoms with van der Waals surface area (Å²) in [7, 11) is 0. The Balaban J connectivity index is 1.67. The molecular weight excluding hydrogens is 348 g/mol. The predicted molar refractivity (Wildman–Crippen MR) is 113 cm³/mol. The van der Waals surface area contributed by atoms with Crippen molar-refractivity contribution in [3.8, 4) is 0 Å². The second-order valence-corrected chi connectivity index (χ2v) is 8.53. The van der Waals surface area contributed by atoms with Crippen LogP contribution in [0.5, 0.6) is 0 Å². The molecule has 0 radical (unpaired) electrons. The Bertz CT molecular complexity index is 730. The van der Waals surface area contributed by atoms with Crippen LogP contribution in [0.25, 0.3) is 0 Å². The summed E-state index contributed by atoms with van der Waals surface area (Å²) in [5.41, 5.74) is 3.51. The molecule has 0 amide bonds. The average Bonchev–Trinajstić information content (AvgIpc) is 3.13. The van der Waals surface area contributed by atoms with E-state index in [9.17, 15) is 0 Å². The third-order valence-electron chi connectivity index (χ3n) is 5.98. The number of pyridine rings is 1. The van der Waals surface area contributed by atoms with Gasteiger partial charge in [-0.3, -0.25) is 9.88 Å².